The maximum atomic E-state index is 10.3. The van der Waals surface area contributed by atoms with Gasteiger partial charge in [-0.1, -0.05) is 19.9 Å². The van der Waals surface area contributed by atoms with E-state index in [-0.39, 0.29) is 5.41 Å². The molecule has 0 amide bonds. The molecule has 0 bridgehead atoms. The van der Waals surface area contributed by atoms with Gasteiger partial charge in [-0.2, -0.15) is 0 Å². The van der Waals surface area contributed by atoms with Gasteiger partial charge in [0.15, 0.2) is 0 Å². The standard InChI is InChI=1S/C12H16BrNO2S/c1-12(2,9-5-6-10(13)17-9)8-14-7-3-4-11(15)16/h3-6,14H,7-8H2,1-2H3,(H,15,16)/b4-3+. The highest BCUT2D eigenvalue weighted by molar-refractivity contribution is 9.11. The maximum absolute atomic E-state index is 10.3. The molecule has 0 aliphatic heterocycles. The van der Waals surface area contributed by atoms with Crippen LogP contribution >= 0.6 is 27.3 Å². The predicted octanol–water partition coefficient (Wildman–Crippen LogP) is 3.02. The summed E-state index contributed by atoms with van der Waals surface area (Å²) in [5, 5.41) is 11.7. The molecule has 1 aromatic heterocycles. The zero-order valence-electron chi connectivity index (χ0n) is 9.87. The zero-order chi connectivity index (χ0) is 12.9. The first-order chi connectivity index (χ1) is 7.92. The van der Waals surface area contributed by atoms with E-state index in [2.05, 4.69) is 41.2 Å². The molecule has 0 fully saturated rings. The SMILES string of the molecule is CC(C)(CNC/C=C/C(=O)O)c1ccc(Br)s1. The van der Waals surface area contributed by atoms with Gasteiger partial charge in [0.1, 0.15) is 0 Å². The quantitative estimate of drug-likeness (QED) is 0.626. The van der Waals surface area contributed by atoms with Crippen molar-refractivity contribution in [3.63, 3.8) is 0 Å². The minimum atomic E-state index is -0.909. The lowest BCUT2D eigenvalue weighted by atomic mass is 9.91. The van der Waals surface area contributed by atoms with Gasteiger partial charge in [0, 0.05) is 29.5 Å². The normalized spacial score (nSPS) is 12.2. The Morgan fingerprint density at radius 3 is 2.82 bits per heavy atom. The molecule has 2 N–H and O–H groups in total. The van der Waals surface area contributed by atoms with Crippen molar-refractivity contribution >= 4 is 33.2 Å². The summed E-state index contributed by atoms with van der Waals surface area (Å²) in [6, 6.07) is 4.16. The zero-order valence-corrected chi connectivity index (χ0v) is 12.3. The average Bonchev–Trinajstić information content (AvgIpc) is 2.64. The summed E-state index contributed by atoms with van der Waals surface area (Å²) in [6.45, 7) is 5.71. The number of halogens is 1. The average molecular weight is 318 g/mol. The van der Waals surface area contributed by atoms with Crippen LogP contribution in [0.25, 0.3) is 0 Å². The van der Waals surface area contributed by atoms with Crippen LogP contribution < -0.4 is 5.32 Å². The summed E-state index contributed by atoms with van der Waals surface area (Å²) in [7, 11) is 0. The van der Waals surface area contributed by atoms with Gasteiger partial charge in [-0.25, -0.2) is 4.79 Å². The van der Waals surface area contributed by atoms with Crippen molar-refractivity contribution in [2.45, 2.75) is 19.3 Å². The van der Waals surface area contributed by atoms with E-state index >= 15 is 0 Å². The van der Waals surface area contributed by atoms with Gasteiger partial charge < -0.3 is 10.4 Å². The number of hydrogen-bond acceptors (Lipinski definition) is 3. The first kappa shape index (κ1) is 14.4. The van der Waals surface area contributed by atoms with E-state index in [0.29, 0.717) is 6.54 Å². The summed E-state index contributed by atoms with van der Waals surface area (Å²) < 4.78 is 1.13. The molecule has 0 aliphatic carbocycles. The topological polar surface area (TPSA) is 49.3 Å². The van der Waals surface area contributed by atoms with Gasteiger partial charge in [0.25, 0.3) is 0 Å². The monoisotopic (exact) mass is 317 g/mol. The molecule has 1 aromatic rings. The summed E-state index contributed by atoms with van der Waals surface area (Å²) in [6.07, 6.45) is 2.77. The van der Waals surface area contributed by atoms with Crippen molar-refractivity contribution in [3.8, 4) is 0 Å². The third kappa shape index (κ3) is 5.02. The maximum Gasteiger partial charge on any atom is 0.328 e. The predicted molar refractivity (Wildman–Crippen MR) is 74.7 cm³/mol. The molecular weight excluding hydrogens is 302 g/mol. The Labute approximate surface area is 114 Å². The Bertz CT molecular complexity index is 412. The highest BCUT2D eigenvalue weighted by atomic mass is 79.9. The molecule has 0 spiro atoms. The van der Waals surface area contributed by atoms with Crippen LogP contribution in [0.15, 0.2) is 28.1 Å². The minimum absolute atomic E-state index is 0.0494. The van der Waals surface area contributed by atoms with Crippen molar-refractivity contribution < 1.29 is 9.90 Å². The van der Waals surface area contributed by atoms with E-state index in [1.807, 2.05) is 6.07 Å². The van der Waals surface area contributed by atoms with Crippen molar-refractivity contribution in [2.24, 2.45) is 0 Å². The van der Waals surface area contributed by atoms with Crippen molar-refractivity contribution in [2.75, 3.05) is 13.1 Å². The number of carboxylic acids is 1. The fraction of sp³-hybridized carbons (Fsp3) is 0.417. The van der Waals surface area contributed by atoms with Gasteiger partial charge in [0.05, 0.1) is 3.79 Å². The molecule has 0 unspecified atom stereocenters. The third-order valence-corrected chi connectivity index (χ3v) is 4.32. The fourth-order valence-corrected chi connectivity index (χ4v) is 2.88. The van der Waals surface area contributed by atoms with E-state index in [0.717, 1.165) is 16.4 Å². The summed E-state index contributed by atoms with van der Waals surface area (Å²) in [5.41, 5.74) is 0.0494. The Morgan fingerprint density at radius 2 is 2.29 bits per heavy atom. The lowest BCUT2D eigenvalue weighted by molar-refractivity contribution is -0.131. The van der Waals surface area contributed by atoms with E-state index in [1.54, 1.807) is 17.4 Å². The summed E-state index contributed by atoms with van der Waals surface area (Å²) >= 11 is 5.18. The largest absolute Gasteiger partial charge is 0.478 e. The van der Waals surface area contributed by atoms with Crippen molar-refractivity contribution in [3.05, 3.63) is 32.9 Å². The number of hydrogen-bond donors (Lipinski definition) is 2. The molecule has 5 heteroatoms. The number of carbonyl (C=O) groups is 1. The third-order valence-electron chi connectivity index (χ3n) is 2.33. The van der Waals surface area contributed by atoms with Crippen LogP contribution in [0.4, 0.5) is 0 Å². The van der Waals surface area contributed by atoms with Crippen LogP contribution in [0.3, 0.4) is 0 Å². The Balaban J connectivity index is 2.42. The minimum Gasteiger partial charge on any atom is -0.478 e. The second-order valence-corrected chi connectivity index (χ2v) is 6.82. The second kappa shape index (κ2) is 6.33. The van der Waals surface area contributed by atoms with Crippen molar-refractivity contribution in [1.82, 2.24) is 5.32 Å². The molecule has 0 aliphatic rings. The number of carboxylic acid groups (broad SMARTS) is 1. The number of thiophene rings is 1. The molecule has 3 nitrogen and oxygen atoms in total. The summed E-state index contributed by atoms with van der Waals surface area (Å²) in [5.74, 6) is -0.909. The fourth-order valence-electron chi connectivity index (χ4n) is 1.39. The first-order valence-electron chi connectivity index (χ1n) is 5.28. The van der Waals surface area contributed by atoms with Gasteiger partial charge in [-0.15, -0.1) is 11.3 Å². The Morgan fingerprint density at radius 1 is 1.59 bits per heavy atom. The number of aliphatic carboxylic acids is 1. The smallest absolute Gasteiger partial charge is 0.328 e. The van der Waals surface area contributed by atoms with E-state index in [1.165, 1.54) is 4.88 Å². The second-order valence-electron chi connectivity index (χ2n) is 4.36. The molecule has 0 saturated heterocycles. The van der Waals surface area contributed by atoms with Gasteiger partial charge in [-0.05, 0) is 28.1 Å². The van der Waals surface area contributed by atoms with Crippen LogP contribution in [-0.4, -0.2) is 24.2 Å². The highest BCUT2D eigenvalue weighted by Crippen LogP contribution is 2.32. The Hall–Kier alpha value is -0.650. The van der Waals surface area contributed by atoms with Crippen LogP contribution in [0.1, 0.15) is 18.7 Å². The highest BCUT2D eigenvalue weighted by Gasteiger charge is 2.21. The first-order valence-corrected chi connectivity index (χ1v) is 6.89. The van der Waals surface area contributed by atoms with Crippen molar-refractivity contribution in [1.29, 1.82) is 0 Å². The van der Waals surface area contributed by atoms with E-state index in [9.17, 15) is 4.79 Å². The summed E-state index contributed by atoms with van der Waals surface area (Å²) in [4.78, 5) is 11.6. The van der Waals surface area contributed by atoms with Crippen LogP contribution in [0.5, 0.6) is 0 Å². The molecule has 0 atom stereocenters. The van der Waals surface area contributed by atoms with Crippen LogP contribution in [0, 0.1) is 0 Å². The Kier molecular flexibility index (Phi) is 5.36. The molecule has 1 rings (SSSR count). The molecule has 17 heavy (non-hydrogen) atoms. The van der Waals surface area contributed by atoms with E-state index in [4.69, 9.17) is 5.11 Å². The molecule has 0 aromatic carbocycles. The van der Waals surface area contributed by atoms with Gasteiger partial charge in [-0.3, -0.25) is 0 Å². The molecule has 0 radical (unpaired) electrons. The number of nitrogens with one attached hydrogen (secondary N) is 1. The molecule has 0 saturated carbocycles. The van der Waals surface area contributed by atoms with E-state index < -0.39 is 5.97 Å². The molecule has 94 valence electrons. The number of rotatable bonds is 6. The van der Waals surface area contributed by atoms with Gasteiger partial charge in [0.2, 0.25) is 0 Å². The van der Waals surface area contributed by atoms with Gasteiger partial charge >= 0.3 is 5.97 Å². The van der Waals surface area contributed by atoms with Crippen LogP contribution in [-0.2, 0) is 10.2 Å². The lowest BCUT2D eigenvalue weighted by Crippen LogP contribution is -2.32. The molecule has 1 heterocycles. The molecular formula is C12H16BrNO2S. The van der Waals surface area contributed by atoms with Crippen LogP contribution in [0.2, 0.25) is 0 Å². The lowest BCUT2D eigenvalue weighted by Gasteiger charge is -2.23.